The lowest BCUT2D eigenvalue weighted by molar-refractivity contribution is 0.0855. The molecule has 1 aliphatic heterocycles. The number of rotatable bonds is 3. The van der Waals surface area contributed by atoms with E-state index in [0.717, 1.165) is 31.7 Å². The number of amidine groups is 1. The fourth-order valence-corrected chi connectivity index (χ4v) is 2.34. The van der Waals surface area contributed by atoms with Gasteiger partial charge >= 0.3 is 0 Å². The molecule has 6 heteroatoms. The first-order valence-corrected chi connectivity index (χ1v) is 6.21. The maximum atomic E-state index is 13.3. The van der Waals surface area contributed by atoms with Crippen molar-refractivity contribution >= 4 is 11.5 Å². The number of benzene rings is 1. The van der Waals surface area contributed by atoms with Crippen LogP contribution in [0.15, 0.2) is 23.4 Å². The van der Waals surface area contributed by atoms with E-state index in [1.165, 1.54) is 12.1 Å². The standard InChI is InChI=1S/C13H18FN3O2/c1-17(10-4-6-19-7-5-10)12-3-2-9(14)8-11(12)13(15)16-18/h2-3,8,10,18H,4-7H2,1H3,(H2,15,16). The lowest BCUT2D eigenvalue weighted by atomic mass is 10.0. The number of nitrogens with two attached hydrogens (primary N) is 1. The first-order valence-electron chi connectivity index (χ1n) is 6.21. The SMILES string of the molecule is CN(c1ccc(F)cc1C(N)=NO)C1CCOCC1. The Morgan fingerprint density at radius 2 is 2.16 bits per heavy atom. The third kappa shape index (κ3) is 2.96. The van der Waals surface area contributed by atoms with Gasteiger partial charge in [0.05, 0.1) is 0 Å². The molecule has 0 unspecified atom stereocenters. The van der Waals surface area contributed by atoms with Crippen LogP contribution >= 0.6 is 0 Å². The normalized spacial score (nSPS) is 17.5. The van der Waals surface area contributed by atoms with Crippen LogP contribution in [-0.2, 0) is 4.74 Å². The van der Waals surface area contributed by atoms with Gasteiger partial charge in [0.25, 0.3) is 0 Å². The summed E-state index contributed by atoms with van der Waals surface area (Å²) in [7, 11) is 1.93. The maximum absolute atomic E-state index is 13.3. The molecule has 0 aliphatic carbocycles. The first-order chi connectivity index (χ1) is 9.13. The molecule has 0 aromatic heterocycles. The number of hydrogen-bond acceptors (Lipinski definition) is 4. The van der Waals surface area contributed by atoms with E-state index in [1.54, 1.807) is 6.07 Å². The molecule has 0 atom stereocenters. The molecule has 19 heavy (non-hydrogen) atoms. The molecule has 0 radical (unpaired) electrons. The van der Waals surface area contributed by atoms with E-state index < -0.39 is 5.82 Å². The number of anilines is 1. The molecule has 1 aliphatic rings. The fraction of sp³-hybridized carbons (Fsp3) is 0.462. The van der Waals surface area contributed by atoms with E-state index in [4.69, 9.17) is 15.7 Å². The smallest absolute Gasteiger partial charge is 0.172 e. The molecule has 0 amide bonds. The Hall–Kier alpha value is -1.82. The summed E-state index contributed by atoms with van der Waals surface area (Å²) in [5, 5.41) is 11.8. The molecule has 1 aromatic carbocycles. The Bertz CT molecular complexity index is 473. The summed E-state index contributed by atoms with van der Waals surface area (Å²) >= 11 is 0. The summed E-state index contributed by atoms with van der Waals surface area (Å²) in [6.45, 7) is 1.43. The molecule has 1 saturated heterocycles. The van der Waals surface area contributed by atoms with Gasteiger partial charge in [-0.3, -0.25) is 0 Å². The Morgan fingerprint density at radius 1 is 1.47 bits per heavy atom. The van der Waals surface area contributed by atoms with Crippen molar-refractivity contribution in [1.82, 2.24) is 0 Å². The third-order valence-corrected chi connectivity index (χ3v) is 3.46. The van der Waals surface area contributed by atoms with Crippen LogP contribution in [0.3, 0.4) is 0 Å². The van der Waals surface area contributed by atoms with Gasteiger partial charge in [-0.25, -0.2) is 4.39 Å². The van der Waals surface area contributed by atoms with Gasteiger partial charge in [0.1, 0.15) is 5.82 Å². The van der Waals surface area contributed by atoms with Crippen molar-refractivity contribution in [2.24, 2.45) is 10.9 Å². The largest absolute Gasteiger partial charge is 0.409 e. The predicted molar refractivity (Wildman–Crippen MR) is 71.2 cm³/mol. The van der Waals surface area contributed by atoms with Crippen LogP contribution in [0.1, 0.15) is 18.4 Å². The molecule has 3 N–H and O–H groups in total. The molecule has 1 fully saturated rings. The van der Waals surface area contributed by atoms with E-state index in [-0.39, 0.29) is 5.84 Å². The van der Waals surface area contributed by atoms with Crippen molar-refractivity contribution in [2.45, 2.75) is 18.9 Å². The van der Waals surface area contributed by atoms with Crippen LogP contribution in [0.25, 0.3) is 0 Å². The van der Waals surface area contributed by atoms with Crippen LogP contribution in [0, 0.1) is 5.82 Å². The second-order valence-corrected chi connectivity index (χ2v) is 4.60. The van der Waals surface area contributed by atoms with Crippen LogP contribution in [0.5, 0.6) is 0 Å². The van der Waals surface area contributed by atoms with Crippen molar-refractivity contribution in [3.63, 3.8) is 0 Å². The zero-order valence-corrected chi connectivity index (χ0v) is 10.8. The van der Waals surface area contributed by atoms with Crippen molar-refractivity contribution in [2.75, 3.05) is 25.2 Å². The molecule has 2 rings (SSSR count). The zero-order chi connectivity index (χ0) is 13.8. The fourth-order valence-electron chi connectivity index (χ4n) is 2.34. The van der Waals surface area contributed by atoms with E-state index in [0.29, 0.717) is 11.6 Å². The van der Waals surface area contributed by atoms with Crippen molar-refractivity contribution < 1.29 is 14.3 Å². The predicted octanol–water partition coefficient (Wildman–Crippen LogP) is 1.54. The molecule has 0 spiro atoms. The number of oxime groups is 1. The van der Waals surface area contributed by atoms with Crippen LogP contribution in [-0.4, -0.2) is 37.3 Å². The van der Waals surface area contributed by atoms with E-state index in [9.17, 15) is 4.39 Å². The molecular weight excluding hydrogens is 249 g/mol. The highest BCUT2D eigenvalue weighted by atomic mass is 19.1. The highest BCUT2D eigenvalue weighted by Crippen LogP contribution is 2.25. The summed E-state index contributed by atoms with van der Waals surface area (Å²) in [6, 6.07) is 4.61. The topological polar surface area (TPSA) is 71.1 Å². The Balaban J connectivity index is 2.32. The van der Waals surface area contributed by atoms with Gasteiger partial charge in [-0.05, 0) is 31.0 Å². The lowest BCUT2D eigenvalue weighted by Gasteiger charge is -2.34. The number of nitrogens with zero attached hydrogens (tertiary/aromatic N) is 2. The van der Waals surface area contributed by atoms with Crippen LogP contribution in [0.2, 0.25) is 0 Å². The zero-order valence-electron chi connectivity index (χ0n) is 10.8. The van der Waals surface area contributed by atoms with E-state index in [2.05, 4.69) is 5.16 Å². The Kier molecular flexibility index (Phi) is 4.21. The van der Waals surface area contributed by atoms with Gasteiger partial charge in [0.2, 0.25) is 0 Å². The molecule has 0 bridgehead atoms. The van der Waals surface area contributed by atoms with Gasteiger partial charge in [-0.1, -0.05) is 5.16 Å². The minimum absolute atomic E-state index is 0.0894. The third-order valence-electron chi connectivity index (χ3n) is 3.46. The second-order valence-electron chi connectivity index (χ2n) is 4.60. The van der Waals surface area contributed by atoms with Crippen LogP contribution in [0.4, 0.5) is 10.1 Å². The molecule has 0 saturated carbocycles. The van der Waals surface area contributed by atoms with Gasteiger partial charge in [0, 0.05) is 37.6 Å². The van der Waals surface area contributed by atoms with Crippen molar-refractivity contribution in [1.29, 1.82) is 0 Å². The van der Waals surface area contributed by atoms with Gasteiger partial charge < -0.3 is 20.6 Å². The van der Waals surface area contributed by atoms with Gasteiger partial charge in [-0.15, -0.1) is 0 Å². The van der Waals surface area contributed by atoms with Gasteiger partial charge in [0.15, 0.2) is 5.84 Å². The minimum Gasteiger partial charge on any atom is -0.409 e. The summed E-state index contributed by atoms with van der Waals surface area (Å²) in [4.78, 5) is 2.04. The number of hydrogen-bond donors (Lipinski definition) is 2. The summed E-state index contributed by atoms with van der Waals surface area (Å²) in [5.74, 6) is -0.501. The van der Waals surface area contributed by atoms with Gasteiger partial charge in [-0.2, -0.15) is 0 Å². The number of halogens is 1. The minimum atomic E-state index is -0.411. The first kappa shape index (κ1) is 13.6. The number of ether oxygens (including phenoxy) is 1. The quantitative estimate of drug-likeness (QED) is 0.377. The summed E-state index contributed by atoms with van der Waals surface area (Å²) < 4.78 is 18.6. The van der Waals surface area contributed by atoms with Crippen molar-refractivity contribution in [3.05, 3.63) is 29.6 Å². The van der Waals surface area contributed by atoms with E-state index in [1.807, 2.05) is 11.9 Å². The average molecular weight is 267 g/mol. The van der Waals surface area contributed by atoms with E-state index >= 15 is 0 Å². The monoisotopic (exact) mass is 267 g/mol. The molecule has 5 nitrogen and oxygen atoms in total. The summed E-state index contributed by atoms with van der Waals surface area (Å²) in [5.41, 5.74) is 6.77. The molecule has 1 aromatic rings. The maximum Gasteiger partial charge on any atom is 0.172 e. The Labute approximate surface area is 111 Å². The lowest BCUT2D eigenvalue weighted by Crippen LogP contribution is -2.37. The highest BCUT2D eigenvalue weighted by molar-refractivity contribution is 6.02. The Morgan fingerprint density at radius 3 is 2.79 bits per heavy atom. The highest BCUT2D eigenvalue weighted by Gasteiger charge is 2.21. The van der Waals surface area contributed by atoms with Crippen molar-refractivity contribution in [3.8, 4) is 0 Å². The van der Waals surface area contributed by atoms with Crippen LogP contribution < -0.4 is 10.6 Å². The average Bonchev–Trinajstić information content (AvgIpc) is 2.46. The molecular formula is C13H18FN3O2. The molecule has 104 valence electrons. The molecule has 1 heterocycles. The second kappa shape index (κ2) is 5.88. The summed E-state index contributed by atoms with van der Waals surface area (Å²) in [6.07, 6.45) is 1.81.